The van der Waals surface area contributed by atoms with Crippen LogP contribution in [0.3, 0.4) is 0 Å². The number of rotatable bonds is 6. The highest BCUT2D eigenvalue weighted by molar-refractivity contribution is 7.99. The zero-order valence-electron chi connectivity index (χ0n) is 13.9. The fourth-order valence-electron chi connectivity index (χ4n) is 2.13. The minimum Gasteiger partial charge on any atom is -0.497 e. The lowest BCUT2D eigenvalue weighted by molar-refractivity contribution is 0.101. The minimum absolute atomic E-state index is 0.193. The van der Waals surface area contributed by atoms with Crippen molar-refractivity contribution in [2.45, 2.75) is 10.1 Å². The first-order valence-corrected chi connectivity index (χ1v) is 10.2. The molecular formula is C17H12N4O3S3. The van der Waals surface area contributed by atoms with Crippen LogP contribution in [0.25, 0.3) is 10.6 Å². The van der Waals surface area contributed by atoms with E-state index >= 15 is 0 Å². The van der Waals surface area contributed by atoms with Gasteiger partial charge in [-0.25, -0.2) is 0 Å². The van der Waals surface area contributed by atoms with E-state index in [1.54, 1.807) is 13.2 Å². The van der Waals surface area contributed by atoms with Crippen molar-refractivity contribution in [3.05, 3.63) is 53.5 Å². The number of carbonyl (C=O) groups is 1. The number of thiophene rings is 1. The molecule has 1 N–H and O–H groups in total. The molecule has 0 aliphatic heterocycles. The number of carbonyl (C=O) groups excluding carboxylic acids is 1. The molecule has 0 bridgehead atoms. The van der Waals surface area contributed by atoms with Gasteiger partial charge in [0.25, 0.3) is 5.91 Å². The molecule has 0 radical (unpaired) electrons. The molecule has 3 heterocycles. The van der Waals surface area contributed by atoms with E-state index in [1.165, 1.54) is 23.1 Å². The average Bonchev–Trinajstić information content (AvgIpc) is 3.44. The number of hydrogen-bond donors (Lipinski definition) is 1. The van der Waals surface area contributed by atoms with Gasteiger partial charge in [-0.05, 0) is 47.5 Å². The van der Waals surface area contributed by atoms with Gasteiger partial charge in [-0.3, -0.25) is 10.1 Å². The van der Waals surface area contributed by atoms with Crippen LogP contribution in [0.15, 0.2) is 62.4 Å². The maximum absolute atomic E-state index is 12.3. The van der Waals surface area contributed by atoms with Crippen molar-refractivity contribution < 1.29 is 14.1 Å². The highest BCUT2D eigenvalue weighted by Crippen LogP contribution is 2.29. The van der Waals surface area contributed by atoms with Crippen molar-refractivity contribution in [2.24, 2.45) is 0 Å². The van der Waals surface area contributed by atoms with Gasteiger partial charge >= 0.3 is 0 Å². The summed E-state index contributed by atoms with van der Waals surface area (Å²) in [5, 5.41) is 9.40. The van der Waals surface area contributed by atoms with Crippen LogP contribution >= 0.6 is 34.6 Å². The summed E-state index contributed by atoms with van der Waals surface area (Å²) in [6, 6.07) is 13.0. The normalized spacial score (nSPS) is 10.7. The Balaban J connectivity index is 1.40. The number of hydrogen-bond acceptors (Lipinski definition) is 9. The Morgan fingerprint density at radius 1 is 1.26 bits per heavy atom. The van der Waals surface area contributed by atoms with E-state index in [-0.39, 0.29) is 5.69 Å². The van der Waals surface area contributed by atoms with Crippen LogP contribution in [0.4, 0.5) is 5.13 Å². The molecule has 0 saturated carbocycles. The minimum atomic E-state index is -0.390. The number of methoxy groups -OCH3 is 1. The monoisotopic (exact) mass is 416 g/mol. The number of amides is 1. The van der Waals surface area contributed by atoms with Crippen LogP contribution in [0, 0.1) is 0 Å². The van der Waals surface area contributed by atoms with Gasteiger partial charge in [-0.2, -0.15) is 9.36 Å². The van der Waals surface area contributed by atoms with Crippen LogP contribution in [-0.2, 0) is 0 Å². The van der Waals surface area contributed by atoms with Crippen LogP contribution in [0.2, 0.25) is 0 Å². The van der Waals surface area contributed by atoms with Gasteiger partial charge in [-0.1, -0.05) is 11.2 Å². The molecule has 0 atom stereocenters. The molecule has 1 aromatic carbocycles. The molecule has 3 aromatic heterocycles. The van der Waals surface area contributed by atoms with Gasteiger partial charge in [0.05, 0.1) is 12.0 Å². The predicted molar refractivity (Wildman–Crippen MR) is 105 cm³/mol. The summed E-state index contributed by atoms with van der Waals surface area (Å²) in [5.74, 6) is 0.954. The predicted octanol–water partition coefficient (Wildman–Crippen LogP) is 4.67. The first kappa shape index (κ1) is 17.7. The molecule has 0 aliphatic carbocycles. The Bertz CT molecular complexity index is 1040. The molecule has 1 amide bonds. The number of nitrogens with zero attached hydrogens (tertiary/aromatic N) is 3. The third kappa shape index (κ3) is 4.18. The smallest absolute Gasteiger partial charge is 0.279 e. The fraction of sp³-hybridized carbons (Fsp3) is 0.0588. The molecule has 0 saturated heterocycles. The lowest BCUT2D eigenvalue weighted by Crippen LogP contribution is -2.11. The van der Waals surface area contributed by atoms with Crippen LogP contribution in [0.5, 0.6) is 5.75 Å². The second-order valence-corrected chi connectivity index (χ2v) is 7.91. The van der Waals surface area contributed by atoms with Crippen molar-refractivity contribution in [3.63, 3.8) is 0 Å². The molecule has 27 heavy (non-hydrogen) atoms. The molecule has 0 fully saturated rings. The summed E-state index contributed by atoms with van der Waals surface area (Å²) in [5.41, 5.74) is 0.193. The van der Waals surface area contributed by atoms with Crippen molar-refractivity contribution >= 4 is 45.7 Å². The summed E-state index contributed by atoms with van der Waals surface area (Å²) >= 11 is 4.03. The molecule has 4 aromatic rings. The van der Waals surface area contributed by atoms with E-state index in [1.807, 2.05) is 41.8 Å². The van der Waals surface area contributed by atoms with Gasteiger partial charge < -0.3 is 9.26 Å². The van der Waals surface area contributed by atoms with Crippen LogP contribution in [-0.4, -0.2) is 27.5 Å². The van der Waals surface area contributed by atoms with E-state index in [2.05, 4.69) is 19.8 Å². The van der Waals surface area contributed by atoms with Crippen LogP contribution < -0.4 is 10.1 Å². The Hall–Kier alpha value is -2.69. The summed E-state index contributed by atoms with van der Waals surface area (Å²) in [6.45, 7) is 0. The third-order valence-electron chi connectivity index (χ3n) is 3.40. The number of anilines is 1. The van der Waals surface area contributed by atoms with E-state index < -0.39 is 5.91 Å². The van der Waals surface area contributed by atoms with Crippen molar-refractivity contribution in [2.75, 3.05) is 12.4 Å². The van der Waals surface area contributed by atoms with E-state index in [0.29, 0.717) is 16.0 Å². The maximum atomic E-state index is 12.3. The number of benzene rings is 1. The number of nitrogens with one attached hydrogen (secondary N) is 1. The van der Waals surface area contributed by atoms with Gasteiger partial charge in [0.1, 0.15) is 5.75 Å². The highest BCUT2D eigenvalue weighted by atomic mass is 32.2. The molecule has 7 nitrogen and oxygen atoms in total. The summed E-state index contributed by atoms with van der Waals surface area (Å²) in [4.78, 5) is 18.5. The highest BCUT2D eigenvalue weighted by Gasteiger charge is 2.16. The van der Waals surface area contributed by atoms with Gasteiger partial charge in [-0.15, -0.1) is 11.3 Å². The Morgan fingerprint density at radius 2 is 2.11 bits per heavy atom. The molecule has 10 heteroatoms. The number of ether oxygens (including phenoxy) is 1. The molecular weight excluding hydrogens is 404 g/mol. The lowest BCUT2D eigenvalue weighted by atomic mass is 10.3. The van der Waals surface area contributed by atoms with E-state index in [9.17, 15) is 4.79 Å². The Kier molecular flexibility index (Phi) is 5.19. The number of aromatic nitrogens is 3. The SMILES string of the molecule is COc1ccc(Sc2nsc(NC(=O)c3cc(-c4cccs4)on3)n2)cc1. The molecule has 4 rings (SSSR count). The van der Waals surface area contributed by atoms with Crippen molar-refractivity contribution in [3.8, 4) is 16.4 Å². The standard InChI is InChI=1S/C17H12N4O3S3/c1-23-10-4-6-11(7-5-10)26-17-19-16(27-21-17)18-15(22)12-9-13(24-20-12)14-3-2-8-25-14/h2-9H,1H3,(H,18,19,21,22). The summed E-state index contributed by atoms with van der Waals surface area (Å²) in [6.07, 6.45) is 0. The zero-order chi connectivity index (χ0) is 18.6. The fourth-order valence-corrected chi connectivity index (χ4v) is 4.21. The van der Waals surface area contributed by atoms with Gasteiger partial charge in [0, 0.05) is 22.5 Å². The zero-order valence-corrected chi connectivity index (χ0v) is 16.4. The van der Waals surface area contributed by atoms with E-state index in [0.717, 1.165) is 27.1 Å². The molecule has 136 valence electrons. The van der Waals surface area contributed by atoms with E-state index in [4.69, 9.17) is 9.26 Å². The summed E-state index contributed by atoms with van der Waals surface area (Å²) < 4.78 is 14.6. The first-order valence-electron chi connectivity index (χ1n) is 7.69. The molecule has 0 spiro atoms. The Morgan fingerprint density at radius 3 is 2.85 bits per heavy atom. The topological polar surface area (TPSA) is 90.1 Å². The van der Waals surface area contributed by atoms with Crippen LogP contribution in [0.1, 0.15) is 10.5 Å². The second kappa shape index (κ2) is 7.91. The largest absolute Gasteiger partial charge is 0.497 e. The second-order valence-electron chi connectivity index (χ2n) is 5.17. The quantitative estimate of drug-likeness (QED) is 0.488. The molecule has 0 aliphatic rings. The maximum Gasteiger partial charge on any atom is 0.279 e. The van der Waals surface area contributed by atoms with Gasteiger partial charge in [0.2, 0.25) is 10.3 Å². The lowest BCUT2D eigenvalue weighted by Gasteiger charge is -2.00. The average molecular weight is 417 g/mol. The summed E-state index contributed by atoms with van der Waals surface area (Å²) in [7, 11) is 1.62. The first-order chi connectivity index (χ1) is 13.2. The van der Waals surface area contributed by atoms with Crippen molar-refractivity contribution in [1.82, 2.24) is 14.5 Å². The van der Waals surface area contributed by atoms with Crippen molar-refractivity contribution in [1.29, 1.82) is 0 Å². The third-order valence-corrected chi connectivity index (χ3v) is 5.91. The van der Waals surface area contributed by atoms with Gasteiger partial charge in [0.15, 0.2) is 11.5 Å². The Labute approximate surface area is 166 Å². The molecule has 0 unspecified atom stereocenters.